The number of aromatic nitrogens is 4. The van der Waals surface area contributed by atoms with Crippen LogP contribution in [0.25, 0.3) is 11.2 Å². The van der Waals surface area contributed by atoms with E-state index in [4.69, 9.17) is 15.2 Å². The van der Waals surface area contributed by atoms with Crippen molar-refractivity contribution in [2.75, 3.05) is 12.3 Å². The van der Waals surface area contributed by atoms with Crippen LogP contribution >= 0.6 is 0 Å². The molecule has 1 aliphatic heterocycles. The third kappa shape index (κ3) is 1.90. The smallest absolute Gasteiger partial charge is 0.166 e. The van der Waals surface area contributed by atoms with E-state index in [1.165, 1.54) is 23.3 Å². The Morgan fingerprint density at radius 1 is 1.39 bits per heavy atom. The number of ether oxygens (including phenoxy) is 2. The van der Waals surface area contributed by atoms with E-state index in [0.29, 0.717) is 11.2 Å². The zero-order valence-electron chi connectivity index (χ0n) is 12.6. The third-order valence-corrected chi connectivity index (χ3v) is 4.21. The minimum atomic E-state index is -1.23. The normalized spacial score (nSPS) is 32.3. The van der Waals surface area contributed by atoms with Crippen LogP contribution in [0.2, 0.25) is 0 Å². The van der Waals surface area contributed by atoms with Crippen LogP contribution in [0.5, 0.6) is 0 Å². The van der Waals surface area contributed by atoms with E-state index in [1.54, 1.807) is 13.8 Å². The highest BCUT2D eigenvalue weighted by atomic mass is 19.1. The first-order valence-electron chi connectivity index (χ1n) is 7.17. The van der Waals surface area contributed by atoms with Crippen LogP contribution in [-0.4, -0.2) is 48.7 Å². The minimum Gasteiger partial charge on any atom is -0.393 e. The largest absolute Gasteiger partial charge is 0.393 e. The van der Waals surface area contributed by atoms with Crippen molar-refractivity contribution in [3.8, 4) is 0 Å². The summed E-state index contributed by atoms with van der Waals surface area (Å²) >= 11 is 0. The molecule has 3 N–H and O–H groups in total. The first kappa shape index (κ1) is 14.5. The molecular weight excluding hydrogens is 305 g/mol. The fourth-order valence-corrected chi connectivity index (χ4v) is 3.37. The van der Waals surface area contributed by atoms with E-state index >= 15 is 0 Å². The minimum absolute atomic E-state index is 0.216. The van der Waals surface area contributed by atoms with E-state index < -0.39 is 36.0 Å². The summed E-state index contributed by atoms with van der Waals surface area (Å²) in [5.41, 5.74) is 5.33. The van der Waals surface area contributed by atoms with Crippen molar-refractivity contribution in [3.05, 3.63) is 24.6 Å². The summed E-state index contributed by atoms with van der Waals surface area (Å²) in [6, 6.07) is -0.844. The van der Waals surface area contributed by atoms with Crippen molar-refractivity contribution in [2.24, 2.45) is 0 Å². The van der Waals surface area contributed by atoms with E-state index in [2.05, 4.69) is 15.0 Å². The molecular formula is C14H16FN5O3. The number of anilines is 1. The molecule has 0 unspecified atom stereocenters. The topological polar surface area (TPSA) is 108 Å². The monoisotopic (exact) mass is 321 g/mol. The average Bonchev–Trinajstić information content (AvgIpc) is 3.07. The molecule has 0 spiro atoms. The van der Waals surface area contributed by atoms with Crippen LogP contribution < -0.4 is 5.73 Å². The van der Waals surface area contributed by atoms with Gasteiger partial charge in [0.25, 0.3) is 0 Å². The Hall–Kier alpha value is -2.10. The molecule has 2 aromatic heterocycles. The van der Waals surface area contributed by atoms with Crippen LogP contribution in [0.1, 0.15) is 19.9 Å². The molecule has 2 aromatic rings. The third-order valence-electron chi connectivity index (χ3n) is 4.21. The number of aliphatic hydroxyl groups excluding tert-OH is 1. The van der Waals surface area contributed by atoms with Crippen molar-refractivity contribution in [3.63, 3.8) is 0 Å². The van der Waals surface area contributed by atoms with E-state index in [-0.39, 0.29) is 5.82 Å². The Kier molecular flexibility index (Phi) is 2.81. The molecule has 8 nitrogen and oxygen atoms in total. The molecule has 9 heteroatoms. The van der Waals surface area contributed by atoms with Gasteiger partial charge in [0, 0.05) is 0 Å². The lowest BCUT2D eigenvalue weighted by Gasteiger charge is -2.25. The molecule has 0 aromatic carbocycles. The molecule has 3 heterocycles. The lowest BCUT2D eigenvalue weighted by molar-refractivity contribution is -0.163. The van der Waals surface area contributed by atoms with Crippen molar-refractivity contribution in [1.82, 2.24) is 19.5 Å². The molecule has 0 radical (unpaired) electrons. The van der Waals surface area contributed by atoms with Gasteiger partial charge in [-0.2, -0.15) is 0 Å². The van der Waals surface area contributed by atoms with Crippen LogP contribution in [0.15, 0.2) is 24.6 Å². The van der Waals surface area contributed by atoms with Gasteiger partial charge < -0.3 is 24.9 Å². The molecule has 0 amide bonds. The van der Waals surface area contributed by atoms with Gasteiger partial charge in [0.1, 0.15) is 35.4 Å². The number of halogens is 1. The first-order valence-corrected chi connectivity index (χ1v) is 7.17. The zero-order chi connectivity index (χ0) is 16.4. The van der Waals surface area contributed by atoms with Crippen molar-refractivity contribution < 1.29 is 19.0 Å². The molecule has 2 aliphatic rings. The number of imidazole rings is 1. The standard InChI is InChI=1S/C14H16FN5O3/c1-13(2)22-10-9(7(15)3-14(10,4-21)23-13)20-6-19-8-11(16)17-5-18-12(8)20/h3,5-6,9-10,21H,4H2,1-2H3,(H2,16,17,18)/t9-,10+,14+/m1/s1. The van der Waals surface area contributed by atoms with Crippen molar-refractivity contribution >= 4 is 17.0 Å². The Balaban J connectivity index is 1.86. The van der Waals surface area contributed by atoms with Crippen LogP contribution in [0, 0.1) is 0 Å². The number of fused-ring (bicyclic) bond motifs is 2. The van der Waals surface area contributed by atoms with Gasteiger partial charge in [-0.15, -0.1) is 0 Å². The maximum Gasteiger partial charge on any atom is 0.166 e. The highest BCUT2D eigenvalue weighted by molar-refractivity contribution is 5.81. The Morgan fingerprint density at radius 2 is 2.17 bits per heavy atom. The number of nitrogen functional groups attached to an aromatic ring is 1. The highest BCUT2D eigenvalue weighted by Crippen LogP contribution is 2.50. The zero-order valence-corrected chi connectivity index (χ0v) is 12.6. The van der Waals surface area contributed by atoms with Gasteiger partial charge in [0.15, 0.2) is 17.3 Å². The maximum absolute atomic E-state index is 14.7. The van der Waals surface area contributed by atoms with E-state index in [9.17, 15) is 9.50 Å². The number of hydrogen-bond donors (Lipinski definition) is 2. The molecule has 23 heavy (non-hydrogen) atoms. The Morgan fingerprint density at radius 3 is 2.91 bits per heavy atom. The lowest BCUT2D eigenvalue weighted by Crippen LogP contribution is -2.42. The number of nitrogens with zero attached hydrogens (tertiary/aromatic N) is 4. The molecule has 3 atom stereocenters. The highest BCUT2D eigenvalue weighted by Gasteiger charge is 2.60. The maximum atomic E-state index is 14.7. The quantitative estimate of drug-likeness (QED) is 0.838. The Labute approximate surface area is 130 Å². The number of rotatable bonds is 2. The summed E-state index contributed by atoms with van der Waals surface area (Å²) in [5.74, 6) is -1.20. The summed E-state index contributed by atoms with van der Waals surface area (Å²) in [6.45, 7) is 3.05. The SMILES string of the molecule is CC1(C)O[C@H]2[C@H](n3cnc4c(N)ncnc43)C(F)=C[C@@]2(CO)O1. The average molecular weight is 321 g/mol. The van der Waals surface area contributed by atoms with Gasteiger partial charge in [-0.1, -0.05) is 0 Å². The second-order valence-corrected chi connectivity index (χ2v) is 6.21. The van der Waals surface area contributed by atoms with E-state index in [0.717, 1.165) is 0 Å². The molecule has 1 saturated heterocycles. The number of hydrogen-bond acceptors (Lipinski definition) is 7. The van der Waals surface area contributed by atoms with E-state index in [1.807, 2.05) is 0 Å². The van der Waals surface area contributed by atoms with Gasteiger partial charge in [0.2, 0.25) is 0 Å². The molecule has 1 fully saturated rings. The summed E-state index contributed by atoms with van der Waals surface area (Å²) in [5, 5.41) is 9.76. The predicted molar refractivity (Wildman–Crippen MR) is 77.8 cm³/mol. The van der Waals surface area contributed by atoms with Crippen LogP contribution in [-0.2, 0) is 9.47 Å². The molecule has 122 valence electrons. The molecule has 4 rings (SSSR count). The molecule has 0 bridgehead atoms. The predicted octanol–water partition coefficient (Wildman–Crippen LogP) is 0.699. The summed E-state index contributed by atoms with van der Waals surface area (Å²) < 4.78 is 27.8. The number of aliphatic hydroxyl groups is 1. The molecule has 0 saturated carbocycles. The summed E-state index contributed by atoms with van der Waals surface area (Å²) in [7, 11) is 0. The molecule has 1 aliphatic carbocycles. The fourth-order valence-electron chi connectivity index (χ4n) is 3.37. The van der Waals surface area contributed by atoms with Gasteiger partial charge >= 0.3 is 0 Å². The van der Waals surface area contributed by atoms with Crippen molar-refractivity contribution in [1.29, 1.82) is 0 Å². The van der Waals surface area contributed by atoms with Gasteiger partial charge in [-0.25, -0.2) is 19.3 Å². The van der Waals surface area contributed by atoms with Gasteiger partial charge in [-0.05, 0) is 19.9 Å². The second-order valence-electron chi connectivity index (χ2n) is 6.21. The summed E-state index contributed by atoms with van der Waals surface area (Å²) in [6.07, 6.45) is 3.27. The lowest BCUT2D eigenvalue weighted by atomic mass is 10.00. The summed E-state index contributed by atoms with van der Waals surface area (Å²) in [4.78, 5) is 12.2. The fraction of sp³-hybridized carbons (Fsp3) is 0.500. The Bertz CT molecular complexity index is 820. The van der Waals surface area contributed by atoms with Crippen LogP contribution in [0.3, 0.4) is 0 Å². The van der Waals surface area contributed by atoms with Gasteiger partial charge in [-0.3, -0.25) is 0 Å². The second kappa shape index (κ2) is 4.47. The number of nitrogens with two attached hydrogens (primary N) is 1. The van der Waals surface area contributed by atoms with Gasteiger partial charge in [0.05, 0.1) is 12.9 Å². The van der Waals surface area contributed by atoms with Crippen LogP contribution in [0.4, 0.5) is 10.2 Å². The van der Waals surface area contributed by atoms with Crippen molar-refractivity contribution in [2.45, 2.75) is 37.4 Å². The first-order chi connectivity index (χ1) is 10.9.